The van der Waals surface area contributed by atoms with E-state index in [4.69, 9.17) is 0 Å². The van der Waals surface area contributed by atoms with Crippen LogP contribution in [0.1, 0.15) is 32.9 Å². The summed E-state index contributed by atoms with van der Waals surface area (Å²) in [6.07, 6.45) is 1.61. The van der Waals surface area contributed by atoms with E-state index in [1.54, 1.807) is 63.5 Å². The number of rotatable bonds is 8. The zero-order valence-corrected chi connectivity index (χ0v) is 26.4. The number of aryl methyl sites for hydroxylation is 2. The van der Waals surface area contributed by atoms with E-state index in [1.807, 2.05) is 12.1 Å². The van der Waals surface area contributed by atoms with Gasteiger partial charge in [0.1, 0.15) is 4.90 Å². The number of aromatic amines is 1. The van der Waals surface area contributed by atoms with Crippen LogP contribution in [0.3, 0.4) is 0 Å². The third-order valence-electron chi connectivity index (χ3n) is 8.23. The minimum atomic E-state index is -3.92. The zero-order chi connectivity index (χ0) is 31.9. The first-order chi connectivity index (χ1) is 21.5. The molecule has 3 N–H and O–H groups in total. The highest BCUT2D eigenvalue weighted by Crippen LogP contribution is 2.29. The summed E-state index contributed by atoms with van der Waals surface area (Å²) in [5.41, 5.74) is 4.87. The fourth-order valence-corrected chi connectivity index (χ4v) is 7.16. The summed E-state index contributed by atoms with van der Waals surface area (Å²) in [6.45, 7) is 7.37. The standard InChI is InChI=1S/C33H35N7O4S/c1-21-32(22(2)39(4)36-21)45(43,44)37-26-7-5-6-23(18-26)31(41)24-8-13-28-29(33(42)35-30(28)19-24)20-34-25-9-11-27(12-10-25)40-16-14-38(3)15-17-40/h5-13,18-20,35,37,42H,14-17H2,1-4H3. The lowest BCUT2D eigenvalue weighted by Crippen LogP contribution is -2.44. The number of ketones is 1. The smallest absolute Gasteiger partial charge is 0.265 e. The van der Waals surface area contributed by atoms with Crippen LogP contribution < -0.4 is 9.62 Å². The SMILES string of the molecule is Cc1nn(C)c(C)c1S(=O)(=O)Nc1cccc(C(=O)c2ccc3c(C=Nc4ccc(N5CCN(C)CC5)cc4)c(O)[nH]c3c2)c1. The molecular weight excluding hydrogens is 590 g/mol. The molecule has 3 heterocycles. The van der Waals surface area contributed by atoms with Crippen LogP contribution in [0.2, 0.25) is 0 Å². The molecule has 1 aliphatic heterocycles. The Labute approximate surface area is 261 Å². The molecule has 5 aromatic rings. The van der Waals surface area contributed by atoms with Crippen molar-refractivity contribution in [3.8, 4) is 5.88 Å². The molecule has 6 rings (SSSR count). The van der Waals surface area contributed by atoms with Crippen molar-refractivity contribution >= 4 is 50.0 Å². The number of carbonyl (C=O) groups is 1. The Kier molecular flexibility index (Phi) is 7.94. The lowest BCUT2D eigenvalue weighted by molar-refractivity contribution is 0.103. The van der Waals surface area contributed by atoms with E-state index in [1.165, 1.54) is 10.7 Å². The Morgan fingerprint density at radius 2 is 1.69 bits per heavy atom. The number of aliphatic imine (C=N–C) groups is 1. The molecule has 0 unspecified atom stereocenters. The average Bonchev–Trinajstić information content (AvgIpc) is 3.48. The number of nitrogens with zero attached hydrogens (tertiary/aromatic N) is 5. The molecule has 45 heavy (non-hydrogen) atoms. The Bertz CT molecular complexity index is 2040. The van der Waals surface area contributed by atoms with Gasteiger partial charge in [0, 0.05) is 72.8 Å². The third-order valence-corrected chi connectivity index (χ3v) is 9.86. The topological polar surface area (TPSA) is 136 Å². The van der Waals surface area contributed by atoms with Gasteiger partial charge in [-0.2, -0.15) is 5.10 Å². The van der Waals surface area contributed by atoms with E-state index in [2.05, 4.69) is 48.8 Å². The largest absolute Gasteiger partial charge is 0.494 e. The maximum atomic E-state index is 13.5. The Balaban J connectivity index is 1.19. The number of anilines is 2. The number of sulfonamides is 1. The molecule has 0 spiro atoms. The van der Waals surface area contributed by atoms with Crippen molar-refractivity contribution in [1.82, 2.24) is 19.7 Å². The zero-order valence-electron chi connectivity index (χ0n) is 25.6. The highest BCUT2D eigenvalue weighted by Gasteiger charge is 2.24. The minimum Gasteiger partial charge on any atom is -0.494 e. The van der Waals surface area contributed by atoms with Gasteiger partial charge in [-0.25, -0.2) is 8.42 Å². The molecule has 3 aromatic carbocycles. The van der Waals surface area contributed by atoms with Gasteiger partial charge in [0.05, 0.1) is 22.6 Å². The van der Waals surface area contributed by atoms with Crippen LogP contribution in [-0.2, 0) is 17.1 Å². The molecule has 2 aromatic heterocycles. The molecule has 0 amide bonds. The Morgan fingerprint density at radius 3 is 2.38 bits per heavy atom. The number of hydrogen-bond donors (Lipinski definition) is 3. The van der Waals surface area contributed by atoms with E-state index in [9.17, 15) is 18.3 Å². The summed E-state index contributed by atoms with van der Waals surface area (Å²) in [6, 6.07) is 19.5. The number of H-pyrrole nitrogens is 1. The fourth-order valence-electron chi connectivity index (χ4n) is 5.67. The maximum absolute atomic E-state index is 13.5. The number of aromatic nitrogens is 3. The summed E-state index contributed by atoms with van der Waals surface area (Å²) in [5, 5.41) is 15.6. The molecule has 12 heteroatoms. The maximum Gasteiger partial charge on any atom is 0.265 e. The minimum absolute atomic E-state index is 0.0511. The molecule has 0 radical (unpaired) electrons. The molecule has 0 aliphatic carbocycles. The van der Waals surface area contributed by atoms with E-state index >= 15 is 0 Å². The predicted molar refractivity (Wildman–Crippen MR) is 177 cm³/mol. The Hall–Kier alpha value is -4.94. The van der Waals surface area contributed by atoms with Crippen LogP contribution in [0.5, 0.6) is 5.88 Å². The Morgan fingerprint density at radius 1 is 0.978 bits per heavy atom. The lowest BCUT2D eigenvalue weighted by Gasteiger charge is -2.34. The van der Waals surface area contributed by atoms with Crippen LogP contribution in [0.25, 0.3) is 10.9 Å². The molecular formula is C33H35N7O4S. The summed E-state index contributed by atoms with van der Waals surface area (Å²) in [7, 11) is -0.102. The van der Waals surface area contributed by atoms with Crippen molar-refractivity contribution in [2.45, 2.75) is 18.7 Å². The number of aromatic hydroxyl groups is 1. The molecule has 0 atom stereocenters. The average molecular weight is 626 g/mol. The van der Waals surface area contributed by atoms with Crippen LogP contribution in [0, 0.1) is 13.8 Å². The van der Waals surface area contributed by atoms with Crippen molar-refractivity contribution in [2.75, 3.05) is 42.8 Å². The van der Waals surface area contributed by atoms with Gasteiger partial charge in [-0.05, 0) is 63.4 Å². The number of fused-ring (bicyclic) bond motifs is 1. The fraction of sp³-hybridized carbons (Fsp3) is 0.242. The summed E-state index contributed by atoms with van der Waals surface area (Å²) >= 11 is 0. The normalized spacial score (nSPS) is 14.4. The van der Waals surface area contributed by atoms with E-state index < -0.39 is 10.0 Å². The van der Waals surface area contributed by atoms with Crippen molar-refractivity contribution in [2.24, 2.45) is 12.0 Å². The second kappa shape index (κ2) is 11.9. The van der Waals surface area contributed by atoms with Gasteiger partial charge in [-0.15, -0.1) is 0 Å². The second-order valence-corrected chi connectivity index (χ2v) is 13.0. The molecule has 1 fully saturated rings. The number of piperazine rings is 1. The van der Waals surface area contributed by atoms with Crippen LogP contribution >= 0.6 is 0 Å². The van der Waals surface area contributed by atoms with Gasteiger partial charge >= 0.3 is 0 Å². The van der Waals surface area contributed by atoms with Gasteiger partial charge in [0.25, 0.3) is 10.0 Å². The van der Waals surface area contributed by atoms with Gasteiger partial charge < -0.3 is 19.9 Å². The molecule has 11 nitrogen and oxygen atoms in total. The van der Waals surface area contributed by atoms with Crippen LogP contribution in [-0.4, -0.2) is 78.4 Å². The highest BCUT2D eigenvalue weighted by atomic mass is 32.2. The summed E-state index contributed by atoms with van der Waals surface area (Å²) in [4.78, 5) is 25.8. The third kappa shape index (κ3) is 6.06. The quantitative estimate of drug-likeness (QED) is 0.167. The van der Waals surface area contributed by atoms with Crippen molar-refractivity contribution in [3.63, 3.8) is 0 Å². The first-order valence-corrected chi connectivity index (χ1v) is 16.1. The number of carbonyl (C=O) groups excluding carboxylic acids is 1. The number of nitrogens with one attached hydrogen (secondary N) is 2. The first kappa shape index (κ1) is 30.1. The van der Waals surface area contributed by atoms with Crippen molar-refractivity contribution < 1.29 is 18.3 Å². The summed E-state index contributed by atoms with van der Waals surface area (Å²) in [5.74, 6) is -0.346. The van der Waals surface area contributed by atoms with Gasteiger partial charge in [0.2, 0.25) is 0 Å². The molecule has 0 saturated carbocycles. The van der Waals surface area contributed by atoms with Crippen LogP contribution in [0.4, 0.5) is 17.1 Å². The molecule has 0 bridgehead atoms. The summed E-state index contributed by atoms with van der Waals surface area (Å²) < 4.78 is 30.4. The first-order valence-electron chi connectivity index (χ1n) is 14.6. The number of hydrogen-bond acceptors (Lipinski definition) is 8. The molecule has 1 aliphatic rings. The number of benzene rings is 3. The van der Waals surface area contributed by atoms with E-state index in [0.717, 1.165) is 37.6 Å². The molecule has 232 valence electrons. The molecule has 1 saturated heterocycles. The number of likely N-dealkylation sites (N-methyl/N-ethyl adjacent to an activating group) is 1. The van der Waals surface area contributed by atoms with E-state index in [-0.39, 0.29) is 22.2 Å². The van der Waals surface area contributed by atoms with Crippen LogP contribution in [0.15, 0.2) is 76.6 Å². The lowest BCUT2D eigenvalue weighted by atomic mass is 10.0. The highest BCUT2D eigenvalue weighted by molar-refractivity contribution is 7.92. The van der Waals surface area contributed by atoms with Gasteiger partial charge in [0.15, 0.2) is 11.7 Å². The van der Waals surface area contributed by atoms with Crippen molar-refractivity contribution in [1.29, 1.82) is 0 Å². The van der Waals surface area contributed by atoms with Gasteiger partial charge in [-0.3, -0.25) is 19.2 Å². The second-order valence-electron chi connectivity index (χ2n) is 11.4. The van der Waals surface area contributed by atoms with E-state index in [0.29, 0.717) is 39.0 Å². The van der Waals surface area contributed by atoms with Crippen molar-refractivity contribution in [3.05, 3.63) is 94.8 Å². The predicted octanol–water partition coefficient (Wildman–Crippen LogP) is 4.76. The monoisotopic (exact) mass is 625 g/mol. The van der Waals surface area contributed by atoms with Gasteiger partial charge in [-0.1, -0.05) is 24.3 Å².